The molecule has 8 heteroatoms. The SMILES string of the molecule is CN=C(CC(=O)c1ccc(F)cc1F)Nc1c(C)cc(CCOC(C)=O)cc1F. The number of nitrogens with zero attached hydrogens (tertiary/aromatic N) is 1. The smallest absolute Gasteiger partial charge is 0.302 e. The summed E-state index contributed by atoms with van der Waals surface area (Å²) in [6.45, 7) is 3.11. The van der Waals surface area contributed by atoms with E-state index >= 15 is 0 Å². The number of esters is 1. The number of amidine groups is 1. The topological polar surface area (TPSA) is 67.8 Å². The highest BCUT2D eigenvalue weighted by Crippen LogP contribution is 2.23. The lowest BCUT2D eigenvalue weighted by atomic mass is 10.0. The molecule has 0 aliphatic carbocycles. The number of carbonyl (C=O) groups excluding carboxylic acids is 2. The number of aliphatic imine (C=N–C) groups is 1. The fraction of sp³-hybridized carbons (Fsp3) is 0.286. The van der Waals surface area contributed by atoms with Crippen LogP contribution in [0.25, 0.3) is 0 Å². The first-order chi connectivity index (χ1) is 13.7. The van der Waals surface area contributed by atoms with Crippen molar-refractivity contribution in [2.75, 3.05) is 19.0 Å². The number of carbonyl (C=O) groups is 2. The van der Waals surface area contributed by atoms with Gasteiger partial charge in [0.2, 0.25) is 0 Å². The zero-order valence-corrected chi connectivity index (χ0v) is 16.3. The summed E-state index contributed by atoms with van der Waals surface area (Å²) in [5, 5.41) is 2.77. The highest BCUT2D eigenvalue weighted by Gasteiger charge is 2.17. The van der Waals surface area contributed by atoms with Crippen molar-refractivity contribution < 1.29 is 27.5 Å². The van der Waals surface area contributed by atoms with Gasteiger partial charge in [-0.15, -0.1) is 0 Å². The molecule has 0 aliphatic rings. The van der Waals surface area contributed by atoms with Gasteiger partial charge in [-0.25, -0.2) is 13.2 Å². The largest absolute Gasteiger partial charge is 0.466 e. The first-order valence-electron chi connectivity index (χ1n) is 8.84. The first-order valence-corrected chi connectivity index (χ1v) is 8.84. The second-order valence-electron chi connectivity index (χ2n) is 6.38. The van der Waals surface area contributed by atoms with Gasteiger partial charge in [0.25, 0.3) is 0 Å². The Labute approximate surface area is 166 Å². The number of halogens is 3. The average Bonchev–Trinajstić information content (AvgIpc) is 2.63. The van der Waals surface area contributed by atoms with Crippen LogP contribution in [-0.4, -0.2) is 31.2 Å². The third kappa shape index (κ3) is 6.17. The standard InChI is InChI=1S/C21H21F3N2O3/c1-12-8-14(6-7-29-13(2)27)9-18(24)21(12)26-20(25-3)11-19(28)16-5-4-15(22)10-17(16)23/h4-5,8-10H,6-7,11H2,1-3H3,(H,25,26). The Balaban J connectivity index is 2.12. The lowest BCUT2D eigenvalue weighted by Crippen LogP contribution is -2.19. The van der Waals surface area contributed by atoms with Gasteiger partial charge in [-0.1, -0.05) is 6.07 Å². The van der Waals surface area contributed by atoms with E-state index in [1.54, 1.807) is 13.0 Å². The molecule has 154 valence electrons. The van der Waals surface area contributed by atoms with E-state index in [0.717, 1.165) is 12.1 Å². The summed E-state index contributed by atoms with van der Waals surface area (Å²) in [6, 6.07) is 5.70. The highest BCUT2D eigenvalue weighted by atomic mass is 19.1. The van der Waals surface area contributed by atoms with Gasteiger partial charge >= 0.3 is 5.97 Å². The van der Waals surface area contributed by atoms with Crippen LogP contribution in [0.2, 0.25) is 0 Å². The van der Waals surface area contributed by atoms with E-state index in [0.29, 0.717) is 23.6 Å². The summed E-state index contributed by atoms with van der Waals surface area (Å²) < 4.78 is 46.2. The molecule has 0 amide bonds. The maximum absolute atomic E-state index is 14.6. The molecule has 0 aliphatic heterocycles. The molecule has 0 fully saturated rings. The third-order valence-corrected chi connectivity index (χ3v) is 4.14. The minimum Gasteiger partial charge on any atom is -0.466 e. The molecule has 29 heavy (non-hydrogen) atoms. The summed E-state index contributed by atoms with van der Waals surface area (Å²) >= 11 is 0. The fourth-order valence-electron chi connectivity index (χ4n) is 2.72. The molecule has 0 spiro atoms. The van der Waals surface area contributed by atoms with E-state index in [1.165, 1.54) is 20.0 Å². The van der Waals surface area contributed by atoms with Gasteiger partial charge in [0, 0.05) is 26.5 Å². The van der Waals surface area contributed by atoms with Crippen molar-refractivity contribution in [3.63, 3.8) is 0 Å². The van der Waals surface area contributed by atoms with Crippen LogP contribution in [0, 0.1) is 24.4 Å². The number of benzene rings is 2. The van der Waals surface area contributed by atoms with Crippen LogP contribution in [0.3, 0.4) is 0 Å². The van der Waals surface area contributed by atoms with E-state index in [4.69, 9.17) is 4.74 Å². The van der Waals surface area contributed by atoms with Crippen LogP contribution >= 0.6 is 0 Å². The Kier molecular flexibility index (Phi) is 7.52. The van der Waals surface area contributed by atoms with E-state index in [-0.39, 0.29) is 30.1 Å². The van der Waals surface area contributed by atoms with E-state index < -0.39 is 29.2 Å². The van der Waals surface area contributed by atoms with E-state index in [9.17, 15) is 22.8 Å². The third-order valence-electron chi connectivity index (χ3n) is 4.14. The molecule has 2 rings (SSSR count). The number of rotatable bonds is 7. The Hall–Kier alpha value is -3.16. The number of ketones is 1. The molecule has 2 aromatic rings. The summed E-state index contributed by atoms with van der Waals surface area (Å²) in [4.78, 5) is 27.1. The maximum atomic E-state index is 14.6. The number of ether oxygens (including phenoxy) is 1. The minimum atomic E-state index is -0.968. The number of hydrogen-bond acceptors (Lipinski definition) is 4. The number of Topliss-reactive ketones (excluding diaryl/α,β-unsaturated/α-hetero) is 1. The Bertz CT molecular complexity index is 935. The molecule has 0 atom stereocenters. The van der Waals surface area contributed by atoms with Gasteiger partial charge in [-0.3, -0.25) is 14.6 Å². The number of nitrogens with one attached hydrogen (secondary N) is 1. The van der Waals surface area contributed by atoms with Crippen molar-refractivity contribution in [1.29, 1.82) is 0 Å². The lowest BCUT2D eigenvalue weighted by Gasteiger charge is -2.14. The first kappa shape index (κ1) is 22.1. The lowest BCUT2D eigenvalue weighted by molar-refractivity contribution is -0.140. The number of aryl methyl sites for hydroxylation is 1. The van der Waals surface area contributed by atoms with Crippen molar-refractivity contribution >= 4 is 23.3 Å². The maximum Gasteiger partial charge on any atom is 0.302 e. The van der Waals surface area contributed by atoms with Crippen LogP contribution in [0.15, 0.2) is 35.3 Å². The fourth-order valence-corrected chi connectivity index (χ4v) is 2.72. The summed E-state index contributed by atoms with van der Waals surface area (Å²) in [5.41, 5.74) is 1.07. The van der Waals surface area contributed by atoms with Crippen LogP contribution in [0.1, 0.15) is 34.8 Å². The zero-order chi connectivity index (χ0) is 21.6. The molecular formula is C21H21F3N2O3. The monoisotopic (exact) mass is 406 g/mol. The molecule has 0 aromatic heterocycles. The number of anilines is 1. The van der Waals surface area contributed by atoms with Gasteiger partial charge in [0.1, 0.15) is 23.3 Å². The van der Waals surface area contributed by atoms with Crippen molar-refractivity contribution in [3.8, 4) is 0 Å². The van der Waals surface area contributed by atoms with Gasteiger partial charge in [0.15, 0.2) is 5.78 Å². The van der Waals surface area contributed by atoms with Crippen LogP contribution in [0.5, 0.6) is 0 Å². The van der Waals surface area contributed by atoms with Crippen molar-refractivity contribution in [2.45, 2.75) is 26.7 Å². The van der Waals surface area contributed by atoms with Crippen molar-refractivity contribution in [2.24, 2.45) is 4.99 Å². The number of hydrogen-bond donors (Lipinski definition) is 1. The zero-order valence-electron chi connectivity index (χ0n) is 16.3. The normalized spacial score (nSPS) is 11.3. The Morgan fingerprint density at radius 2 is 1.83 bits per heavy atom. The average molecular weight is 406 g/mol. The second-order valence-corrected chi connectivity index (χ2v) is 6.38. The van der Waals surface area contributed by atoms with Crippen molar-refractivity contribution in [3.05, 3.63) is 64.5 Å². The summed E-state index contributed by atoms with van der Waals surface area (Å²) in [7, 11) is 1.41. The van der Waals surface area contributed by atoms with E-state index in [2.05, 4.69) is 10.3 Å². The molecule has 0 unspecified atom stereocenters. The molecule has 0 radical (unpaired) electrons. The molecule has 0 heterocycles. The van der Waals surface area contributed by atoms with Crippen LogP contribution in [0.4, 0.5) is 18.9 Å². The molecule has 2 aromatic carbocycles. The predicted octanol–water partition coefficient (Wildman–Crippen LogP) is 4.23. The molecule has 5 nitrogen and oxygen atoms in total. The molecule has 1 N–H and O–H groups in total. The summed E-state index contributed by atoms with van der Waals surface area (Å²) in [5.74, 6) is -3.21. The van der Waals surface area contributed by atoms with Gasteiger partial charge in [-0.2, -0.15) is 0 Å². The Morgan fingerprint density at radius 1 is 1.10 bits per heavy atom. The second kappa shape index (κ2) is 9.86. The van der Waals surface area contributed by atoms with Gasteiger partial charge < -0.3 is 10.1 Å². The Morgan fingerprint density at radius 3 is 2.41 bits per heavy atom. The van der Waals surface area contributed by atoms with Gasteiger partial charge in [-0.05, 0) is 36.2 Å². The molecule has 0 bridgehead atoms. The van der Waals surface area contributed by atoms with E-state index in [1.807, 2.05) is 0 Å². The van der Waals surface area contributed by atoms with Crippen LogP contribution < -0.4 is 5.32 Å². The molecule has 0 saturated heterocycles. The predicted molar refractivity (Wildman–Crippen MR) is 104 cm³/mol. The quantitative estimate of drug-likeness (QED) is 0.323. The minimum absolute atomic E-state index is 0.133. The van der Waals surface area contributed by atoms with Crippen LogP contribution in [-0.2, 0) is 16.0 Å². The highest BCUT2D eigenvalue weighted by molar-refractivity contribution is 6.13. The van der Waals surface area contributed by atoms with Gasteiger partial charge in [0.05, 0.1) is 24.3 Å². The molecule has 0 saturated carbocycles. The summed E-state index contributed by atoms with van der Waals surface area (Å²) in [6.07, 6.45) is 0.0425. The van der Waals surface area contributed by atoms with Crippen molar-refractivity contribution in [1.82, 2.24) is 0 Å². The molecular weight excluding hydrogens is 385 g/mol.